The summed E-state index contributed by atoms with van der Waals surface area (Å²) < 4.78 is 5.32. The van der Waals surface area contributed by atoms with Crippen LogP contribution in [0.4, 0.5) is 17.3 Å². The number of anilines is 3. The first kappa shape index (κ1) is 14.1. The van der Waals surface area contributed by atoms with Gasteiger partial charge in [-0.3, -0.25) is 0 Å². The Morgan fingerprint density at radius 3 is 2.60 bits per heavy atom. The highest BCUT2D eigenvalue weighted by atomic mass is 16.5. The lowest BCUT2D eigenvalue weighted by Crippen LogP contribution is -2.23. The SMILES string of the molecule is CCN(CC)c1cc(Nc2ccccc2OC)ncn1. The van der Waals surface area contributed by atoms with Crippen molar-refractivity contribution in [3.63, 3.8) is 0 Å². The molecule has 2 aromatic rings. The van der Waals surface area contributed by atoms with Crippen LogP contribution < -0.4 is 15.0 Å². The highest BCUT2D eigenvalue weighted by Gasteiger charge is 2.07. The molecular weight excluding hydrogens is 252 g/mol. The van der Waals surface area contributed by atoms with Crippen LogP contribution in [0.2, 0.25) is 0 Å². The normalized spacial score (nSPS) is 10.2. The molecule has 0 aliphatic carbocycles. The number of rotatable bonds is 6. The third-order valence-electron chi connectivity index (χ3n) is 3.11. The Labute approximate surface area is 119 Å². The Bertz CT molecular complexity index is 555. The first-order valence-corrected chi connectivity index (χ1v) is 6.75. The van der Waals surface area contributed by atoms with Gasteiger partial charge in [0.15, 0.2) is 0 Å². The second kappa shape index (κ2) is 6.75. The minimum atomic E-state index is 0.756. The van der Waals surface area contributed by atoms with Crippen LogP contribution in [0.1, 0.15) is 13.8 Å². The molecule has 0 aliphatic heterocycles. The van der Waals surface area contributed by atoms with E-state index in [0.29, 0.717) is 0 Å². The molecule has 0 radical (unpaired) electrons. The van der Waals surface area contributed by atoms with Gasteiger partial charge in [0, 0.05) is 19.2 Å². The summed E-state index contributed by atoms with van der Waals surface area (Å²) in [4.78, 5) is 10.7. The number of nitrogens with zero attached hydrogens (tertiary/aromatic N) is 3. The molecule has 0 aliphatic rings. The molecule has 2 rings (SSSR count). The van der Waals surface area contributed by atoms with Crippen LogP contribution in [0.5, 0.6) is 5.75 Å². The van der Waals surface area contributed by atoms with Crippen LogP contribution in [-0.4, -0.2) is 30.2 Å². The lowest BCUT2D eigenvalue weighted by molar-refractivity contribution is 0.417. The Balaban J connectivity index is 2.23. The fourth-order valence-electron chi connectivity index (χ4n) is 2.02. The Kier molecular flexibility index (Phi) is 4.76. The summed E-state index contributed by atoms with van der Waals surface area (Å²) in [5, 5.41) is 3.26. The van der Waals surface area contributed by atoms with E-state index in [1.165, 1.54) is 0 Å². The number of hydrogen-bond donors (Lipinski definition) is 1. The van der Waals surface area contributed by atoms with E-state index in [1.54, 1.807) is 13.4 Å². The zero-order valence-electron chi connectivity index (χ0n) is 12.1. The summed E-state index contributed by atoms with van der Waals surface area (Å²) in [6, 6.07) is 9.70. The summed E-state index contributed by atoms with van der Waals surface area (Å²) in [5.41, 5.74) is 0.888. The van der Waals surface area contributed by atoms with E-state index in [4.69, 9.17) is 4.74 Å². The van der Waals surface area contributed by atoms with Crippen molar-refractivity contribution in [1.29, 1.82) is 0 Å². The van der Waals surface area contributed by atoms with Crippen LogP contribution in [0.3, 0.4) is 0 Å². The molecule has 1 N–H and O–H groups in total. The number of nitrogens with one attached hydrogen (secondary N) is 1. The second-order valence-corrected chi connectivity index (χ2v) is 4.26. The molecule has 1 aromatic carbocycles. The summed E-state index contributed by atoms with van der Waals surface area (Å²) in [6.45, 7) is 6.06. The van der Waals surface area contributed by atoms with Gasteiger partial charge in [-0.05, 0) is 26.0 Å². The molecule has 0 fully saturated rings. The van der Waals surface area contributed by atoms with E-state index in [1.807, 2.05) is 30.3 Å². The average molecular weight is 272 g/mol. The minimum absolute atomic E-state index is 0.756. The molecule has 106 valence electrons. The fraction of sp³-hybridized carbons (Fsp3) is 0.333. The van der Waals surface area contributed by atoms with E-state index in [-0.39, 0.29) is 0 Å². The van der Waals surface area contributed by atoms with Gasteiger partial charge in [0.1, 0.15) is 23.7 Å². The van der Waals surface area contributed by atoms with Crippen molar-refractivity contribution in [3.8, 4) is 5.75 Å². The molecular formula is C15H20N4O. The van der Waals surface area contributed by atoms with Gasteiger partial charge < -0.3 is 15.0 Å². The molecule has 0 atom stereocenters. The molecule has 0 unspecified atom stereocenters. The van der Waals surface area contributed by atoms with E-state index in [0.717, 1.165) is 36.2 Å². The fourth-order valence-corrected chi connectivity index (χ4v) is 2.02. The standard InChI is InChI=1S/C15H20N4O/c1-4-19(5-2)15-10-14(16-11-17-15)18-12-8-6-7-9-13(12)20-3/h6-11H,4-5H2,1-3H3,(H,16,17,18). The lowest BCUT2D eigenvalue weighted by atomic mass is 10.3. The maximum absolute atomic E-state index is 5.32. The van der Waals surface area contributed by atoms with Gasteiger partial charge >= 0.3 is 0 Å². The zero-order valence-corrected chi connectivity index (χ0v) is 12.1. The topological polar surface area (TPSA) is 50.3 Å². The number of aromatic nitrogens is 2. The van der Waals surface area contributed by atoms with Crippen molar-refractivity contribution < 1.29 is 4.74 Å². The Hall–Kier alpha value is -2.30. The Morgan fingerprint density at radius 1 is 1.15 bits per heavy atom. The molecule has 0 saturated carbocycles. The van der Waals surface area contributed by atoms with Crippen LogP contribution in [-0.2, 0) is 0 Å². The number of ether oxygens (including phenoxy) is 1. The number of benzene rings is 1. The minimum Gasteiger partial charge on any atom is -0.495 e. The molecule has 5 nitrogen and oxygen atoms in total. The third kappa shape index (κ3) is 3.17. The molecule has 0 bridgehead atoms. The van der Waals surface area contributed by atoms with E-state index >= 15 is 0 Å². The number of hydrogen-bond acceptors (Lipinski definition) is 5. The maximum Gasteiger partial charge on any atom is 0.142 e. The van der Waals surface area contributed by atoms with Crippen molar-refractivity contribution in [2.45, 2.75) is 13.8 Å². The van der Waals surface area contributed by atoms with E-state index in [9.17, 15) is 0 Å². The monoisotopic (exact) mass is 272 g/mol. The summed E-state index contributed by atoms with van der Waals surface area (Å²) in [6.07, 6.45) is 1.57. The van der Waals surface area contributed by atoms with Crippen LogP contribution in [0.25, 0.3) is 0 Å². The third-order valence-corrected chi connectivity index (χ3v) is 3.11. The predicted molar refractivity (Wildman–Crippen MR) is 81.9 cm³/mol. The summed E-state index contributed by atoms with van der Waals surface area (Å²) in [7, 11) is 1.65. The average Bonchev–Trinajstić information content (AvgIpc) is 2.49. The van der Waals surface area contributed by atoms with Gasteiger partial charge in [-0.15, -0.1) is 0 Å². The first-order chi connectivity index (χ1) is 9.78. The highest BCUT2D eigenvalue weighted by Crippen LogP contribution is 2.26. The summed E-state index contributed by atoms with van der Waals surface area (Å²) >= 11 is 0. The molecule has 0 amide bonds. The van der Waals surface area contributed by atoms with Crippen molar-refractivity contribution in [1.82, 2.24) is 9.97 Å². The molecule has 5 heteroatoms. The van der Waals surface area contributed by atoms with Gasteiger partial charge in [-0.2, -0.15) is 0 Å². The largest absolute Gasteiger partial charge is 0.495 e. The van der Waals surface area contributed by atoms with Crippen LogP contribution in [0.15, 0.2) is 36.7 Å². The molecule has 20 heavy (non-hydrogen) atoms. The van der Waals surface area contributed by atoms with Crippen molar-refractivity contribution in [3.05, 3.63) is 36.7 Å². The Morgan fingerprint density at radius 2 is 1.90 bits per heavy atom. The van der Waals surface area contributed by atoms with E-state index in [2.05, 4.69) is 34.0 Å². The van der Waals surface area contributed by atoms with Gasteiger partial charge in [0.05, 0.1) is 12.8 Å². The quantitative estimate of drug-likeness (QED) is 0.875. The van der Waals surface area contributed by atoms with Crippen LogP contribution >= 0.6 is 0 Å². The van der Waals surface area contributed by atoms with Gasteiger partial charge in [0.2, 0.25) is 0 Å². The van der Waals surface area contributed by atoms with Crippen molar-refractivity contribution >= 4 is 17.3 Å². The number of methoxy groups -OCH3 is 1. The van der Waals surface area contributed by atoms with Gasteiger partial charge in [-0.25, -0.2) is 9.97 Å². The maximum atomic E-state index is 5.32. The van der Waals surface area contributed by atoms with Crippen molar-refractivity contribution in [2.24, 2.45) is 0 Å². The second-order valence-electron chi connectivity index (χ2n) is 4.26. The number of para-hydroxylation sites is 2. The molecule has 0 saturated heterocycles. The highest BCUT2D eigenvalue weighted by molar-refractivity contribution is 5.65. The van der Waals surface area contributed by atoms with Crippen LogP contribution in [0, 0.1) is 0 Å². The molecule has 1 aromatic heterocycles. The lowest BCUT2D eigenvalue weighted by Gasteiger charge is -2.20. The van der Waals surface area contributed by atoms with Crippen molar-refractivity contribution in [2.75, 3.05) is 30.4 Å². The molecule has 0 spiro atoms. The smallest absolute Gasteiger partial charge is 0.142 e. The van der Waals surface area contributed by atoms with Gasteiger partial charge in [-0.1, -0.05) is 12.1 Å². The van der Waals surface area contributed by atoms with Gasteiger partial charge in [0.25, 0.3) is 0 Å². The molecule has 1 heterocycles. The van der Waals surface area contributed by atoms with E-state index < -0.39 is 0 Å². The summed E-state index contributed by atoms with van der Waals surface area (Å²) in [5.74, 6) is 2.46. The first-order valence-electron chi connectivity index (χ1n) is 6.75. The zero-order chi connectivity index (χ0) is 14.4. The predicted octanol–water partition coefficient (Wildman–Crippen LogP) is 3.08.